The van der Waals surface area contributed by atoms with Gasteiger partial charge in [-0.2, -0.15) is 0 Å². The first-order valence-electron chi connectivity index (χ1n) is 5.50. The Morgan fingerprint density at radius 2 is 1.95 bits per heavy atom. The molecule has 0 aliphatic heterocycles. The van der Waals surface area contributed by atoms with Gasteiger partial charge in [-0.1, -0.05) is 17.7 Å². The first kappa shape index (κ1) is 14.5. The van der Waals surface area contributed by atoms with E-state index in [1.807, 2.05) is 19.1 Å². The third kappa shape index (κ3) is 3.36. The highest BCUT2D eigenvalue weighted by Gasteiger charge is 2.20. The number of benzene rings is 1. The predicted octanol–water partition coefficient (Wildman–Crippen LogP) is 3.08. The number of sulfonamides is 1. The Balaban J connectivity index is 2.31. The average molecular weight is 361 g/mol. The van der Waals surface area contributed by atoms with Crippen LogP contribution >= 0.6 is 27.3 Å². The van der Waals surface area contributed by atoms with Crippen LogP contribution in [0.2, 0.25) is 0 Å². The van der Waals surface area contributed by atoms with Crippen molar-refractivity contribution >= 4 is 43.0 Å². The predicted molar refractivity (Wildman–Crippen MR) is 81.9 cm³/mol. The van der Waals surface area contributed by atoms with E-state index in [2.05, 4.69) is 20.7 Å². The molecule has 2 rings (SSSR count). The van der Waals surface area contributed by atoms with E-state index in [0.29, 0.717) is 16.0 Å². The Hall–Kier alpha value is -0.890. The van der Waals surface area contributed by atoms with E-state index in [1.54, 1.807) is 18.2 Å². The zero-order valence-electron chi connectivity index (χ0n) is 10.2. The van der Waals surface area contributed by atoms with Crippen LogP contribution in [-0.4, -0.2) is 8.42 Å². The molecule has 19 heavy (non-hydrogen) atoms. The summed E-state index contributed by atoms with van der Waals surface area (Å²) in [6, 6.07) is 8.76. The van der Waals surface area contributed by atoms with Gasteiger partial charge in [-0.3, -0.25) is 4.72 Å². The summed E-state index contributed by atoms with van der Waals surface area (Å²) >= 11 is 4.59. The second-order valence-electron chi connectivity index (χ2n) is 4.03. The maximum atomic E-state index is 12.3. The molecule has 7 heteroatoms. The monoisotopic (exact) mass is 360 g/mol. The lowest BCUT2D eigenvalue weighted by atomic mass is 10.2. The Bertz CT molecular complexity index is 678. The van der Waals surface area contributed by atoms with Crippen LogP contribution in [0.3, 0.4) is 0 Å². The minimum atomic E-state index is -3.59. The molecule has 1 aromatic heterocycles. The third-order valence-corrected chi connectivity index (χ3v) is 6.16. The lowest BCUT2D eigenvalue weighted by Crippen LogP contribution is -2.12. The van der Waals surface area contributed by atoms with Crippen molar-refractivity contribution in [3.63, 3.8) is 0 Å². The first-order valence-corrected chi connectivity index (χ1v) is 8.59. The van der Waals surface area contributed by atoms with Crippen LogP contribution in [0.25, 0.3) is 0 Å². The topological polar surface area (TPSA) is 72.2 Å². The van der Waals surface area contributed by atoms with Crippen LogP contribution in [-0.2, 0) is 16.6 Å². The van der Waals surface area contributed by atoms with Gasteiger partial charge in [-0.25, -0.2) is 8.42 Å². The van der Waals surface area contributed by atoms with Gasteiger partial charge < -0.3 is 5.73 Å². The van der Waals surface area contributed by atoms with Crippen molar-refractivity contribution in [1.82, 2.24) is 0 Å². The van der Waals surface area contributed by atoms with Crippen LogP contribution in [0.5, 0.6) is 0 Å². The highest BCUT2D eigenvalue weighted by Crippen LogP contribution is 2.32. The fraction of sp³-hybridized carbons (Fsp3) is 0.167. The molecule has 0 saturated heterocycles. The maximum Gasteiger partial charge on any atom is 0.263 e. The molecule has 1 aromatic carbocycles. The number of rotatable bonds is 4. The molecule has 0 amide bonds. The smallest absolute Gasteiger partial charge is 0.263 e. The highest BCUT2D eigenvalue weighted by molar-refractivity contribution is 9.11. The summed E-state index contributed by atoms with van der Waals surface area (Å²) in [6.45, 7) is 2.27. The average Bonchev–Trinajstić information content (AvgIpc) is 2.74. The summed E-state index contributed by atoms with van der Waals surface area (Å²) in [7, 11) is -3.59. The van der Waals surface area contributed by atoms with Crippen LogP contribution < -0.4 is 10.5 Å². The Kier molecular flexibility index (Phi) is 4.29. The molecular weight excluding hydrogens is 348 g/mol. The molecule has 0 bridgehead atoms. The van der Waals surface area contributed by atoms with Gasteiger partial charge in [-0.05, 0) is 41.1 Å². The van der Waals surface area contributed by atoms with Gasteiger partial charge in [-0.15, -0.1) is 11.3 Å². The van der Waals surface area contributed by atoms with Crippen LogP contribution in [0, 0.1) is 6.92 Å². The number of halogens is 1. The zero-order chi connectivity index (χ0) is 14.0. The molecule has 0 unspecified atom stereocenters. The number of hydrogen-bond acceptors (Lipinski definition) is 4. The normalized spacial score (nSPS) is 11.5. The summed E-state index contributed by atoms with van der Waals surface area (Å²) in [5.41, 5.74) is 7.13. The van der Waals surface area contributed by atoms with E-state index >= 15 is 0 Å². The van der Waals surface area contributed by atoms with Crippen molar-refractivity contribution in [3.8, 4) is 0 Å². The standard InChI is InChI=1S/C12H13BrN2O2S2/c1-8-2-4-9(5-3-8)15-19(16,17)11-6-10(7-14)18-12(11)13/h2-6,15H,7,14H2,1H3. The fourth-order valence-corrected chi connectivity index (χ4v) is 5.13. The minimum Gasteiger partial charge on any atom is -0.326 e. The molecule has 0 aliphatic rings. The Morgan fingerprint density at radius 3 is 2.47 bits per heavy atom. The van der Waals surface area contributed by atoms with Gasteiger partial charge in [0.25, 0.3) is 10.0 Å². The summed E-state index contributed by atoms with van der Waals surface area (Å²) in [4.78, 5) is 1.04. The summed E-state index contributed by atoms with van der Waals surface area (Å²) < 4.78 is 27.6. The quantitative estimate of drug-likeness (QED) is 0.879. The Morgan fingerprint density at radius 1 is 1.32 bits per heavy atom. The molecule has 0 fully saturated rings. The van der Waals surface area contributed by atoms with Crippen molar-refractivity contribution in [2.45, 2.75) is 18.4 Å². The van der Waals surface area contributed by atoms with Crippen molar-refractivity contribution in [1.29, 1.82) is 0 Å². The third-order valence-electron chi connectivity index (χ3n) is 2.50. The van der Waals surface area contributed by atoms with E-state index < -0.39 is 10.0 Å². The molecule has 3 N–H and O–H groups in total. The molecular formula is C12H13BrN2O2S2. The number of anilines is 1. The lowest BCUT2D eigenvalue weighted by Gasteiger charge is -2.07. The maximum absolute atomic E-state index is 12.3. The summed E-state index contributed by atoms with van der Waals surface area (Å²) in [5.74, 6) is 0. The second kappa shape index (κ2) is 5.62. The van der Waals surface area contributed by atoms with Gasteiger partial charge in [0.15, 0.2) is 0 Å². The van der Waals surface area contributed by atoms with Gasteiger partial charge in [0.05, 0.1) is 3.79 Å². The van der Waals surface area contributed by atoms with E-state index in [-0.39, 0.29) is 4.90 Å². The minimum absolute atomic E-state index is 0.221. The van der Waals surface area contributed by atoms with E-state index in [9.17, 15) is 8.42 Å². The fourth-order valence-electron chi connectivity index (χ4n) is 1.51. The zero-order valence-corrected chi connectivity index (χ0v) is 13.4. The van der Waals surface area contributed by atoms with E-state index in [0.717, 1.165) is 10.4 Å². The van der Waals surface area contributed by atoms with Gasteiger partial charge in [0, 0.05) is 17.1 Å². The number of thiophene rings is 1. The molecule has 2 aromatic rings. The summed E-state index contributed by atoms with van der Waals surface area (Å²) in [6.07, 6.45) is 0. The highest BCUT2D eigenvalue weighted by atomic mass is 79.9. The number of nitrogens with one attached hydrogen (secondary N) is 1. The first-order chi connectivity index (χ1) is 8.92. The molecule has 1 heterocycles. The van der Waals surface area contributed by atoms with E-state index in [4.69, 9.17) is 5.73 Å². The number of nitrogens with two attached hydrogens (primary N) is 1. The van der Waals surface area contributed by atoms with Crippen LogP contribution in [0.1, 0.15) is 10.4 Å². The summed E-state index contributed by atoms with van der Waals surface area (Å²) in [5, 5.41) is 0. The van der Waals surface area contributed by atoms with Crippen molar-refractivity contribution in [2.24, 2.45) is 5.73 Å². The van der Waals surface area contributed by atoms with Gasteiger partial charge >= 0.3 is 0 Å². The molecule has 0 atom stereocenters. The lowest BCUT2D eigenvalue weighted by molar-refractivity contribution is 0.601. The van der Waals surface area contributed by atoms with Crippen LogP contribution in [0.4, 0.5) is 5.69 Å². The molecule has 0 saturated carbocycles. The Labute approximate surface area is 124 Å². The van der Waals surface area contributed by atoms with Crippen molar-refractivity contribution in [3.05, 3.63) is 44.6 Å². The largest absolute Gasteiger partial charge is 0.326 e. The molecule has 102 valence electrons. The molecule has 0 spiro atoms. The van der Waals surface area contributed by atoms with E-state index in [1.165, 1.54) is 11.3 Å². The number of hydrogen-bond donors (Lipinski definition) is 2. The van der Waals surface area contributed by atoms with Crippen molar-refractivity contribution < 1.29 is 8.42 Å². The van der Waals surface area contributed by atoms with Crippen molar-refractivity contribution in [2.75, 3.05) is 4.72 Å². The molecule has 0 radical (unpaired) electrons. The molecule has 0 aliphatic carbocycles. The van der Waals surface area contributed by atoms with Crippen LogP contribution in [0.15, 0.2) is 39.0 Å². The molecule has 4 nitrogen and oxygen atoms in total. The second-order valence-corrected chi connectivity index (χ2v) is 8.13. The SMILES string of the molecule is Cc1ccc(NS(=O)(=O)c2cc(CN)sc2Br)cc1. The van der Waals surface area contributed by atoms with Gasteiger partial charge in [0.1, 0.15) is 4.90 Å². The number of aryl methyl sites for hydroxylation is 1. The van der Waals surface area contributed by atoms with Gasteiger partial charge in [0.2, 0.25) is 0 Å².